The minimum atomic E-state index is 0.566. The number of nitrogens with one attached hydrogen (secondary N) is 2. The molecule has 1 aromatic heterocycles. The quantitative estimate of drug-likeness (QED) is 0.363. The molecule has 1 atom stereocenters. The third-order valence-electron chi connectivity index (χ3n) is 4.45. The van der Waals surface area contributed by atoms with Gasteiger partial charge in [-0.3, -0.25) is 0 Å². The second-order valence-electron chi connectivity index (χ2n) is 6.79. The number of aliphatic imine (C=N–C) groups is 1. The minimum absolute atomic E-state index is 0.566. The number of hydrogen-bond donors (Lipinski definition) is 2. The monoisotopic (exact) mass is 402 g/mol. The van der Waals surface area contributed by atoms with E-state index in [-0.39, 0.29) is 0 Å². The van der Waals surface area contributed by atoms with E-state index in [2.05, 4.69) is 40.1 Å². The fourth-order valence-corrected chi connectivity index (χ4v) is 3.76. The molecule has 3 rings (SSSR count). The summed E-state index contributed by atoms with van der Waals surface area (Å²) in [7, 11) is 0. The first-order valence-corrected chi connectivity index (χ1v) is 10.9. The zero-order chi connectivity index (χ0) is 19.4. The molecule has 2 heterocycles. The summed E-state index contributed by atoms with van der Waals surface area (Å²) in [6, 6.07) is 10.3. The maximum absolute atomic E-state index is 5.74. The third-order valence-corrected chi connectivity index (χ3v) is 5.39. The number of ether oxygens (including phenoxy) is 2. The van der Waals surface area contributed by atoms with Gasteiger partial charge in [-0.15, -0.1) is 11.3 Å². The van der Waals surface area contributed by atoms with Gasteiger partial charge in [0, 0.05) is 43.2 Å². The van der Waals surface area contributed by atoms with Gasteiger partial charge in [0.1, 0.15) is 5.01 Å². The van der Waals surface area contributed by atoms with Gasteiger partial charge in [0.25, 0.3) is 0 Å². The number of nitrogens with zero attached hydrogens (tertiary/aromatic N) is 2. The largest absolute Gasteiger partial charge is 0.381 e. The Morgan fingerprint density at radius 2 is 2.21 bits per heavy atom. The topological polar surface area (TPSA) is 67.8 Å². The average molecular weight is 403 g/mol. The smallest absolute Gasteiger partial charge is 0.191 e. The molecule has 0 aliphatic carbocycles. The van der Waals surface area contributed by atoms with Crippen molar-refractivity contribution in [3.05, 3.63) is 41.4 Å². The lowest BCUT2D eigenvalue weighted by Crippen LogP contribution is -2.38. The molecule has 0 amide bonds. The van der Waals surface area contributed by atoms with Gasteiger partial charge < -0.3 is 20.1 Å². The molecule has 1 fully saturated rings. The first-order chi connectivity index (χ1) is 13.8. The zero-order valence-electron chi connectivity index (χ0n) is 16.5. The van der Waals surface area contributed by atoms with Gasteiger partial charge >= 0.3 is 0 Å². The van der Waals surface area contributed by atoms with Crippen LogP contribution in [0.15, 0.2) is 40.7 Å². The van der Waals surface area contributed by atoms with E-state index >= 15 is 0 Å². The molecule has 6 nitrogen and oxygen atoms in total. The van der Waals surface area contributed by atoms with E-state index in [0.717, 1.165) is 74.6 Å². The van der Waals surface area contributed by atoms with Gasteiger partial charge in [-0.25, -0.2) is 9.98 Å². The van der Waals surface area contributed by atoms with E-state index < -0.39 is 0 Å². The number of benzene rings is 1. The summed E-state index contributed by atoms with van der Waals surface area (Å²) in [5.74, 6) is 1.40. The highest BCUT2D eigenvalue weighted by Crippen LogP contribution is 2.23. The van der Waals surface area contributed by atoms with Crippen LogP contribution in [0.3, 0.4) is 0 Å². The summed E-state index contributed by atoms with van der Waals surface area (Å²) >= 11 is 1.66. The van der Waals surface area contributed by atoms with Crippen LogP contribution < -0.4 is 10.6 Å². The van der Waals surface area contributed by atoms with E-state index in [1.54, 1.807) is 11.3 Å². The maximum Gasteiger partial charge on any atom is 0.191 e. The molecular formula is C21H30N4O2S. The number of thiazole rings is 1. The van der Waals surface area contributed by atoms with Crippen molar-refractivity contribution in [2.45, 2.75) is 26.3 Å². The number of guanidine groups is 1. The lowest BCUT2D eigenvalue weighted by atomic mass is 10.1. The van der Waals surface area contributed by atoms with Crippen LogP contribution in [0.25, 0.3) is 10.6 Å². The molecule has 2 N–H and O–H groups in total. The van der Waals surface area contributed by atoms with E-state index in [1.165, 1.54) is 0 Å². The number of aromatic nitrogens is 1. The SMILES string of the molecule is CCNC(=NCc1csc(-c2ccccc2)n1)NCCCOCC1CCOC1. The summed E-state index contributed by atoms with van der Waals surface area (Å²) < 4.78 is 11.1. The van der Waals surface area contributed by atoms with Crippen molar-refractivity contribution >= 4 is 17.3 Å². The van der Waals surface area contributed by atoms with Crippen LogP contribution in [0, 0.1) is 5.92 Å². The maximum atomic E-state index is 5.74. The van der Waals surface area contributed by atoms with Gasteiger partial charge in [-0.1, -0.05) is 30.3 Å². The van der Waals surface area contributed by atoms with Crippen molar-refractivity contribution in [2.75, 3.05) is 39.5 Å². The van der Waals surface area contributed by atoms with E-state index in [1.807, 2.05) is 18.2 Å². The first kappa shape index (κ1) is 20.8. The average Bonchev–Trinajstić information content (AvgIpc) is 3.41. The number of hydrogen-bond acceptors (Lipinski definition) is 5. The Bertz CT molecular complexity index is 714. The molecular weight excluding hydrogens is 372 g/mol. The Balaban J connectivity index is 1.39. The Labute approximate surface area is 171 Å². The second kappa shape index (κ2) is 11.8. The summed E-state index contributed by atoms with van der Waals surface area (Å²) in [5, 5.41) is 9.77. The van der Waals surface area contributed by atoms with Gasteiger partial charge in [0.05, 0.1) is 25.5 Å². The highest BCUT2D eigenvalue weighted by Gasteiger charge is 2.15. The zero-order valence-corrected chi connectivity index (χ0v) is 17.3. The lowest BCUT2D eigenvalue weighted by molar-refractivity contribution is 0.0888. The molecule has 7 heteroatoms. The summed E-state index contributed by atoms with van der Waals surface area (Å²) in [5.41, 5.74) is 2.14. The van der Waals surface area contributed by atoms with Crippen LogP contribution in [0.2, 0.25) is 0 Å². The standard InChI is InChI=1S/C21H30N4O2S/c1-2-22-21(23-10-6-11-26-14-17-9-12-27-15-17)24-13-19-16-28-20(25-19)18-7-4-3-5-8-18/h3-5,7-8,16-17H,2,6,9-15H2,1H3,(H2,22,23,24). The Kier molecular flexibility index (Phi) is 8.74. The third kappa shape index (κ3) is 6.89. The van der Waals surface area contributed by atoms with Crippen molar-refractivity contribution < 1.29 is 9.47 Å². The molecule has 0 radical (unpaired) electrons. The van der Waals surface area contributed by atoms with Crippen LogP contribution in [-0.2, 0) is 16.0 Å². The minimum Gasteiger partial charge on any atom is -0.381 e. The molecule has 152 valence electrons. The molecule has 0 spiro atoms. The van der Waals surface area contributed by atoms with Crippen molar-refractivity contribution in [2.24, 2.45) is 10.9 Å². The highest BCUT2D eigenvalue weighted by molar-refractivity contribution is 7.13. The second-order valence-corrected chi connectivity index (χ2v) is 7.65. The van der Waals surface area contributed by atoms with Gasteiger partial charge in [0.15, 0.2) is 5.96 Å². The molecule has 1 saturated heterocycles. The molecule has 1 unspecified atom stereocenters. The van der Waals surface area contributed by atoms with E-state index in [9.17, 15) is 0 Å². The van der Waals surface area contributed by atoms with Crippen LogP contribution in [0.1, 0.15) is 25.5 Å². The van der Waals surface area contributed by atoms with E-state index in [0.29, 0.717) is 12.5 Å². The Morgan fingerprint density at radius 1 is 1.32 bits per heavy atom. The van der Waals surface area contributed by atoms with Gasteiger partial charge in [0.2, 0.25) is 0 Å². The van der Waals surface area contributed by atoms with Crippen molar-refractivity contribution in [3.63, 3.8) is 0 Å². The van der Waals surface area contributed by atoms with Crippen molar-refractivity contribution in [3.8, 4) is 10.6 Å². The predicted octanol–water partition coefficient (Wildman–Crippen LogP) is 3.31. The van der Waals surface area contributed by atoms with E-state index in [4.69, 9.17) is 14.5 Å². The first-order valence-electron chi connectivity index (χ1n) is 10.0. The molecule has 28 heavy (non-hydrogen) atoms. The molecule has 1 aliphatic rings. The summed E-state index contributed by atoms with van der Waals surface area (Å²) in [6.07, 6.45) is 2.07. The molecule has 1 aromatic carbocycles. The molecule has 1 aliphatic heterocycles. The summed E-state index contributed by atoms with van der Waals surface area (Å²) in [6.45, 7) is 7.59. The predicted molar refractivity (Wildman–Crippen MR) is 115 cm³/mol. The normalized spacial score (nSPS) is 17.0. The number of rotatable bonds is 10. The molecule has 2 aromatic rings. The fourth-order valence-electron chi connectivity index (χ4n) is 2.94. The van der Waals surface area contributed by atoms with Crippen LogP contribution in [-0.4, -0.2) is 50.5 Å². The van der Waals surface area contributed by atoms with Crippen molar-refractivity contribution in [1.29, 1.82) is 0 Å². The fraction of sp³-hybridized carbons (Fsp3) is 0.524. The summed E-state index contributed by atoms with van der Waals surface area (Å²) in [4.78, 5) is 9.35. The Morgan fingerprint density at radius 3 is 3.00 bits per heavy atom. The molecule has 0 bridgehead atoms. The molecule has 0 saturated carbocycles. The van der Waals surface area contributed by atoms with Gasteiger partial charge in [-0.05, 0) is 19.8 Å². The van der Waals surface area contributed by atoms with Crippen LogP contribution in [0.5, 0.6) is 0 Å². The van der Waals surface area contributed by atoms with Crippen LogP contribution in [0.4, 0.5) is 0 Å². The van der Waals surface area contributed by atoms with Crippen molar-refractivity contribution in [1.82, 2.24) is 15.6 Å². The Hall–Kier alpha value is -1.96. The lowest BCUT2D eigenvalue weighted by Gasteiger charge is -2.12. The highest BCUT2D eigenvalue weighted by atomic mass is 32.1. The van der Waals surface area contributed by atoms with Gasteiger partial charge in [-0.2, -0.15) is 0 Å². The van der Waals surface area contributed by atoms with Crippen LogP contribution >= 0.6 is 11.3 Å².